The predicted octanol–water partition coefficient (Wildman–Crippen LogP) is 4.34. The molecule has 6 nitrogen and oxygen atoms in total. The zero-order chi connectivity index (χ0) is 21.1. The third-order valence-corrected chi connectivity index (χ3v) is 7.04. The number of amides is 1. The molecular weight excluding hydrogens is 462 g/mol. The molecule has 1 saturated carbocycles. The maximum Gasteiger partial charge on any atom is 0.233 e. The number of carbonyl (C=O) groups is 1. The van der Waals surface area contributed by atoms with E-state index in [4.69, 9.17) is 5.84 Å². The molecule has 0 aliphatic heterocycles. The van der Waals surface area contributed by atoms with Gasteiger partial charge >= 0.3 is 0 Å². The standard InChI is InChI=1S/C22H24BrN5OS/c1-15(17-11-12-17)27(13-16-7-3-2-4-8-16)20(29)14-30-22-26-25-21(28(22)24)18-9-5-6-10-19(18)23/h2-10,15,17H,11-14,24H2,1H3. The number of benzene rings is 2. The van der Waals surface area contributed by atoms with Crippen LogP contribution in [0, 0.1) is 5.92 Å². The summed E-state index contributed by atoms with van der Waals surface area (Å²) in [7, 11) is 0. The van der Waals surface area contributed by atoms with E-state index in [1.807, 2.05) is 47.4 Å². The number of nitrogen functional groups attached to an aromatic ring is 1. The normalized spacial score (nSPS) is 14.5. The van der Waals surface area contributed by atoms with E-state index in [1.165, 1.54) is 29.3 Å². The van der Waals surface area contributed by atoms with Crippen molar-refractivity contribution in [2.24, 2.45) is 5.92 Å². The SMILES string of the molecule is CC(C1CC1)N(Cc1ccccc1)C(=O)CSc1nnc(-c2ccccc2Br)n1N. The van der Waals surface area contributed by atoms with Gasteiger partial charge in [0.05, 0.1) is 5.75 Å². The van der Waals surface area contributed by atoms with E-state index in [2.05, 4.69) is 45.2 Å². The Balaban J connectivity index is 1.46. The number of hydrogen-bond acceptors (Lipinski definition) is 5. The second-order valence-corrected chi connectivity index (χ2v) is 9.33. The molecule has 1 aliphatic carbocycles. The number of nitrogens with zero attached hydrogens (tertiary/aromatic N) is 4. The van der Waals surface area contributed by atoms with Crippen LogP contribution in [-0.4, -0.2) is 37.5 Å². The van der Waals surface area contributed by atoms with Gasteiger partial charge in [0.25, 0.3) is 0 Å². The van der Waals surface area contributed by atoms with Gasteiger partial charge in [-0.2, -0.15) is 0 Å². The Bertz CT molecular complexity index is 1020. The van der Waals surface area contributed by atoms with Crippen molar-refractivity contribution >= 4 is 33.6 Å². The van der Waals surface area contributed by atoms with Crippen LogP contribution in [0.2, 0.25) is 0 Å². The lowest BCUT2D eigenvalue weighted by Gasteiger charge is -2.29. The smallest absolute Gasteiger partial charge is 0.233 e. The van der Waals surface area contributed by atoms with Crippen molar-refractivity contribution in [3.63, 3.8) is 0 Å². The molecule has 2 aromatic carbocycles. The Hall–Kier alpha value is -2.32. The number of thioether (sulfide) groups is 1. The Kier molecular flexibility index (Phi) is 6.43. The fourth-order valence-electron chi connectivity index (χ4n) is 3.48. The van der Waals surface area contributed by atoms with Crippen LogP contribution >= 0.6 is 27.7 Å². The molecule has 1 unspecified atom stereocenters. The van der Waals surface area contributed by atoms with Crippen LogP contribution in [0.3, 0.4) is 0 Å². The van der Waals surface area contributed by atoms with Gasteiger partial charge in [-0.15, -0.1) is 10.2 Å². The van der Waals surface area contributed by atoms with E-state index < -0.39 is 0 Å². The zero-order valence-corrected chi connectivity index (χ0v) is 19.1. The molecule has 2 N–H and O–H groups in total. The fraction of sp³-hybridized carbons (Fsp3) is 0.318. The summed E-state index contributed by atoms with van der Waals surface area (Å²) in [6, 6.07) is 18.1. The van der Waals surface area contributed by atoms with Crippen molar-refractivity contribution in [2.75, 3.05) is 11.6 Å². The molecule has 156 valence electrons. The summed E-state index contributed by atoms with van der Waals surface area (Å²) < 4.78 is 2.34. The molecule has 0 saturated heterocycles. The summed E-state index contributed by atoms with van der Waals surface area (Å²) in [4.78, 5) is 15.1. The molecule has 8 heteroatoms. The van der Waals surface area contributed by atoms with Gasteiger partial charge in [0.1, 0.15) is 0 Å². The average Bonchev–Trinajstić information content (AvgIpc) is 3.55. The van der Waals surface area contributed by atoms with Gasteiger partial charge in [0, 0.05) is 22.6 Å². The van der Waals surface area contributed by atoms with Gasteiger partial charge < -0.3 is 10.7 Å². The van der Waals surface area contributed by atoms with E-state index >= 15 is 0 Å². The van der Waals surface area contributed by atoms with Crippen LogP contribution in [0.4, 0.5) is 0 Å². The molecule has 1 heterocycles. The first-order valence-corrected chi connectivity index (χ1v) is 11.7. The molecule has 1 aliphatic rings. The van der Waals surface area contributed by atoms with Crippen molar-refractivity contribution in [1.29, 1.82) is 0 Å². The minimum absolute atomic E-state index is 0.0914. The minimum atomic E-state index is 0.0914. The second kappa shape index (κ2) is 9.22. The summed E-state index contributed by atoms with van der Waals surface area (Å²) in [5.41, 5.74) is 2.00. The van der Waals surface area contributed by atoms with Crippen LogP contribution < -0.4 is 5.84 Å². The number of rotatable bonds is 8. The highest BCUT2D eigenvalue weighted by molar-refractivity contribution is 9.10. The Labute approximate surface area is 189 Å². The molecule has 4 rings (SSSR count). The van der Waals surface area contributed by atoms with E-state index in [1.54, 1.807) is 0 Å². The van der Waals surface area contributed by atoms with Crippen molar-refractivity contribution < 1.29 is 4.79 Å². The lowest BCUT2D eigenvalue weighted by molar-refractivity contribution is -0.131. The van der Waals surface area contributed by atoms with Gasteiger partial charge in [-0.25, -0.2) is 4.68 Å². The van der Waals surface area contributed by atoms with Gasteiger partial charge in [0.15, 0.2) is 5.82 Å². The highest BCUT2D eigenvalue weighted by Gasteiger charge is 2.34. The van der Waals surface area contributed by atoms with Crippen molar-refractivity contribution in [2.45, 2.75) is 37.5 Å². The molecule has 1 fully saturated rings. The number of aromatic nitrogens is 3. The lowest BCUT2D eigenvalue weighted by atomic mass is 10.1. The van der Waals surface area contributed by atoms with Gasteiger partial charge in [-0.1, -0.05) is 70.2 Å². The van der Waals surface area contributed by atoms with Crippen LogP contribution in [0.15, 0.2) is 64.2 Å². The first-order chi connectivity index (χ1) is 14.5. The molecule has 30 heavy (non-hydrogen) atoms. The zero-order valence-electron chi connectivity index (χ0n) is 16.7. The molecule has 0 radical (unpaired) electrons. The molecule has 3 aromatic rings. The second-order valence-electron chi connectivity index (χ2n) is 7.53. The summed E-state index contributed by atoms with van der Waals surface area (Å²) in [5, 5.41) is 8.94. The molecule has 1 amide bonds. The molecule has 1 aromatic heterocycles. The summed E-state index contributed by atoms with van der Waals surface area (Å²) in [5.74, 6) is 7.76. The summed E-state index contributed by atoms with van der Waals surface area (Å²) in [6.45, 7) is 2.77. The quantitative estimate of drug-likeness (QED) is 0.379. The van der Waals surface area contributed by atoms with Gasteiger partial charge in [-0.05, 0) is 43.4 Å². The van der Waals surface area contributed by atoms with Crippen LogP contribution in [0.5, 0.6) is 0 Å². The van der Waals surface area contributed by atoms with E-state index in [0.29, 0.717) is 23.4 Å². The maximum atomic E-state index is 13.1. The predicted molar refractivity (Wildman–Crippen MR) is 123 cm³/mol. The Morgan fingerprint density at radius 1 is 1.20 bits per heavy atom. The van der Waals surface area contributed by atoms with E-state index in [-0.39, 0.29) is 17.7 Å². The van der Waals surface area contributed by atoms with E-state index in [0.717, 1.165) is 15.6 Å². The molecule has 0 bridgehead atoms. The fourth-order valence-corrected chi connectivity index (χ4v) is 4.69. The monoisotopic (exact) mass is 485 g/mol. The minimum Gasteiger partial charge on any atom is -0.335 e. The third kappa shape index (κ3) is 4.70. The van der Waals surface area contributed by atoms with Gasteiger partial charge in [0.2, 0.25) is 11.1 Å². The van der Waals surface area contributed by atoms with Crippen LogP contribution in [-0.2, 0) is 11.3 Å². The Morgan fingerprint density at radius 2 is 1.90 bits per heavy atom. The van der Waals surface area contributed by atoms with E-state index in [9.17, 15) is 4.79 Å². The third-order valence-electron chi connectivity index (χ3n) is 5.42. The highest BCUT2D eigenvalue weighted by atomic mass is 79.9. The van der Waals surface area contributed by atoms with Crippen molar-refractivity contribution in [3.05, 3.63) is 64.6 Å². The number of halogens is 1. The topological polar surface area (TPSA) is 77.0 Å². The molecule has 0 spiro atoms. The van der Waals surface area contributed by atoms with Gasteiger partial charge in [-0.3, -0.25) is 4.79 Å². The molecular formula is C22H24BrN5OS. The first-order valence-electron chi connectivity index (χ1n) is 9.96. The van der Waals surface area contributed by atoms with Crippen molar-refractivity contribution in [3.8, 4) is 11.4 Å². The number of hydrogen-bond donors (Lipinski definition) is 1. The summed E-state index contributed by atoms with van der Waals surface area (Å²) >= 11 is 4.84. The largest absolute Gasteiger partial charge is 0.335 e. The van der Waals surface area contributed by atoms with Crippen LogP contribution in [0.25, 0.3) is 11.4 Å². The summed E-state index contributed by atoms with van der Waals surface area (Å²) in [6.07, 6.45) is 2.39. The van der Waals surface area contributed by atoms with Crippen LogP contribution in [0.1, 0.15) is 25.3 Å². The molecule has 1 atom stereocenters. The average molecular weight is 486 g/mol. The van der Waals surface area contributed by atoms with Crippen molar-refractivity contribution in [1.82, 2.24) is 19.8 Å². The Morgan fingerprint density at radius 3 is 2.60 bits per heavy atom. The maximum absolute atomic E-state index is 13.1. The first kappa shape index (κ1) is 20.9. The number of nitrogens with two attached hydrogens (primary N) is 1. The lowest BCUT2D eigenvalue weighted by Crippen LogP contribution is -2.40. The number of carbonyl (C=O) groups excluding carboxylic acids is 1. The highest BCUT2D eigenvalue weighted by Crippen LogP contribution is 2.36.